The highest BCUT2D eigenvalue weighted by molar-refractivity contribution is 14.0. The summed E-state index contributed by atoms with van der Waals surface area (Å²) in [6.07, 6.45) is 7.98. The van der Waals surface area contributed by atoms with Crippen LogP contribution in [-0.2, 0) is 6.54 Å². The fourth-order valence-electron chi connectivity index (χ4n) is 3.76. The first kappa shape index (κ1) is 23.3. The number of benzene rings is 1. The van der Waals surface area contributed by atoms with Crippen LogP contribution in [0.15, 0.2) is 52.1 Å². The van der Waals surface area contributed by atoms with E-state index < -0.39 is 0 Å². The van der Waals surface area contributed by atoms with E-state index in [0.29, 0.717) is 17.7 Å². The van der Waals surface area contributed by atoms with E-state index in [1.54, 1.807) is 19.2 Å². The number of carbonyl (C=O) groups excluding carboxylic acids is 1. The quantitative estimate of drug-likeness (QED) is 0.285. The van der Waals surface area contributed by atoms with Gasteiger partial charge in [-0.2, -0.15) is 0 Å². The SMILES string of the molecule is CCC1(CNC(=NC)NCc2ccc(NC(=O)c3ccco3)cc2)CCCC1.I. The van der Waals surface area contributed by atoms with Gasteiger partial charge in [-0.25, -0.2) is 0 Å². The average molecular weight is 510 g/mol. The molecule has 3 rings (SSSR count). The zero-order chi connectivity index (χ0) is 19.8. The van der Waals surface area contributed by atoms with Crippen LogP contribution in [0.5, 0.6) is 0 Å². The molecular weight excluding hydrogens is 479 g/mol. The molecule has 29 heavy (non-hydrogen) atoms. The lowest BCUT2D eigenvalue weighted by Gasteiger charge is -2.28. The smallest absolute Gasteiger partial charge is 0.291 e. The lowest BCUT2D eigenvalue weighted by molar-refractivity contribution is 0.0996. The molecule has 0 aliphatic heterocycles. The number of hydrogen-bond donors (Lipinski definition) is 3. The van der Waals surface area contributed by atoms with E-state index in [2.05, 4.69) is 27.9 Å². The van der Waals surface area contributed by atoms with E-state index in [9.17, 15) is 4.79 Å². The van der Waals surface area contributed by atoms with Crippen molar-refractivity contribution in [2.45, 2.75) is 45.6 Å². The van der Waals surface area contributed by atoms with Crippen LogP contribution in [-0.4, -0.2) is 25.5 Å². The van der Waals surface area contributed by atoms with E-state index in [0.717, 1.165) is 23.8 Å². The second-order valence-corrected chi connectivity index (χ2v) is 7.47. The van der Waals surface area contributed by atoms with Gasteiger partial charge in [0.25, 0.3) is 5.91 Å². The van der Waals surface area contributed by atoms with Gasteiger partial charge in [-0.15, -0.1) is 24.0 Å². The minimum atomic E-state index is -0.253. The maximum Gasteiger partial charge on any atom is 0.291 e. The Kier molecular flexibility index (Phi) is 9.00. The minimum Gasteiger partial charge on any atom is -0.459 e. The van der Waals surface area contributed by atoms with Gasteiger partial charge in [0, 0.05) is 25.8 Å². The number of nitrogens with one attached hydrogen (secondary N) is 3. The van der Waals surface area contributed by atoms with Crippen LogP contribution in [0.2, 0.25) is 0 Å². The molecule has 0 atom stereocenters. The van der Waals surface area contributed by atoms with Crippen LogP contribution in [0.4, 0.5) is 5.69 Å². The minimum absolute atomic E-state index is 0. The van der Waals surface area contributed by atoms with Gasteiger partial charge in [0.15, 0.2) is 11.7 Å². The monoisotopic (exact) mass is 510 g/mol. The highest BCUT2D eigenvalue weighted by Crippen LogP contribution is 2.40. The molecule has 1 aliphatic rings. The summed E-state index contributed by atoms with van der Waals surface area (Å²) in [6, 6.07) is 11.1. The normalized spacial score (nSPS) is 15.4. The zero-order valence-electron chi connectivity index (χ0n) is 17.2. The van der Waals surface area contributed by atoms with Gasteiger partial charge >= 0.3 is 0 Å². The Morgan fingerprint density at radius 1 is 1.14 bits per heavy atom. The molecule has 7 heteroatoms. The van der Waals surface area contributed by atoms with Gasteiger partial charge in [0.2, 0.25) is 0 Å². The summed E-state index contributed by atoms with van der Waals surface area (Å²) in [7, 11) is 1.80. The molecule has 1 fully saturated rings. The van der Waals surface area contributed by atoms with Gasteiger partial charge in [-0.1, -0.05) is 31.9 Å². The second kappa shape index (κ2) is 11.2. The highest BCUT2D eigenvalue weighted by Gasteiger charge is 2.31. The number of furan rings is 1. The maximum atomic E-state index is 12.0. The van der Waals surface area contributed by atoms with Gasteiger partial charge in [0.1, 0.15) is 0 Å². The van der Waals surface area contributed by atoms with Crippen LogP contribution >= 0.6 is 24.0 Å². The number of aliphatic imine (C=N–C) groups is 1. The number of hydrogen-bond acceptors (Lipinski definition) is 3. The molecule has 1 heterocycles. The van der Waals surface area contributed by atoms with Gasteiger partial charge in [-0.05, 0) is 54.5 Å². The third-order valence-electron chi connectivity index (χ3n) is 5.69. The number of amides is 1. The number of carbonyl (C=O) groups is 1. The van der Waals surface area contributed by atoms with Crippen molar-refractivity contribution in [3.8, 4) is 0 Å². The molecule has 158 valence electrons. The van der Waals surface area contributed by atoms with Crippen LogP contribution in [0.1, 0.15) is 55.1 Å². The van der Waals surface area contributed by atoms with Crippen molar-refractivity contribution in [3.05, 3.63) is 54.0 Å². The van der Waals surface area contributed by atoms with Crippen molar-refractivity contribution in [1.29, 1.82) is 0 Å². The molecule has 1 aliphatic carbocycles. The first-order valence-electron chi connectivity index (χ1n) is 10.0. The Labute approximate surface area is 190 Å². The lowest BCUT2D eigenvalue weighted by atomic mass is 9.83. The van der Waals surface area contributed by atoms with Gasteiger partial charge in [0.05, 0.1) is 6.26 Å². The number of halogens is 1. The molecule has 3 N–H and O–H groups in total. The fraction of sp³-hybridized carbons (Fsp3) is 0.455. The fourth-order valence-corrected chi connectivity index (χ4v) is 3.76. The van der Waals surface area contributed by atoms with E-state index in [1.165, 1.54) is 38.4 Å². The lowest BCUT2D eigenvalue weighted by Crippen LogP contribution is -2.42. The Balaban J connectivity index is 0.00000300. The van der Waals surface area contributed by atoms with Gasteiger partial charge in [-0.3, -0.25) is 9.79 Å². The third-order valence-corrected chi connectivity index (χ3v) is 5.69. The average Bonchev–Trinajstić information content (AvgIpc) is 3.42. The first-order chi connectivity index (χ1) is 13.6. The van der Waals surface area contributed by atoms with Crippen molar-refractivity contribution in [2.75, 3.05) is 18.9 Å². The van der Waals surface area contributed by atoms with Crippen molar-refractivity contribution in [2.24, 2.45) is 10.4 Å². The molecule has 6 nitrogen and oxygen atoms in total. The molecule has 0 saturated heterocycles. The molecule has 0 unspecified atom stereocenters. The maximum absolute atomic E-state index is 12.0. The summed E-state index contributed by atoms with van der Waals surface area (Å²) in [5.74, 6) is 0.875. The van der Waals surface area contributed by atoms with E-state index in [-0.39, 0.29) is 29.9 Å². The standard InChI is InChI=1S/C22H30N4O2.HI/c1-3-22(12-4-5-13-22)16-25-21(23-2)24-15-17-8-10-18(11-9-17)26-20(27)19-7-6-14-28-19;/h6-11,14H,3-5,12-13,15-16H2,1-2H3,(H,26,27)(H2,23,24,25);1H. The van der Waals surface area contributed by atoms with Crippen molar-refractivity contribution in [1.82, 2.24) is 10.6 Å². The van der Waals surface area contributed by atoms with Crippen molar-refractivity contribution in [3.63, 3.8) is 0 Å². The van der Waals surface area contributed by atoms with Gasteiger partial charge < -0.3 is 20.4 Å². The molecular formula is C22H31IN4O2. The Morgan fingerprint density at radius 3 is 2.45 bits per heavy atom. The third kappa shape index (κ3) is 6.48. The summed E-state index contributed by atoms with van der Waals surface area (Å²) in [6.45, 7) is 3.93. The van der Waals surface area contributed by atoms with E-state index in [4.69, 9.17) is 4.42 Å². The largest absolute Gasteiger partial charge is 0.459 e. The predicted octanol–water partition coefficient (Wildman–Crippen LogP) is 4.79. The number of guanidine groups is 1. The number of nitrogens with zero attached hydrogens (tertiary/aromatic N) is 1. The summed E-state index contributed by atoms with van der Waals surface area (Å²) in [5.41, 5.74) is 2.27. The van der Waals surface area contributed by atoms with E-state index in [1.807, 2.05) is 24.3 Å². The van der Waals surface area contributed by atoms with E-state index >= 15 is 0 Å². The first-order valence-corrected chi connectivity index (χ1v) is 10.0. The summed E-state index contributed by atoms with van der Waals surface area (Å²) in [4.78, 5) is 16.3. The Morgan fingerprint density at radius 2 is 1.86 bits per heavy atom. The molecule has 0 radical (unpaired) electrons. The number of rotatable bonds is 7. The second-order valence-electron chi connectivity index (χ2n) is 7.47. The van der Waals surface area contributed by atoms with Crippen molar-refractivity contribution >= 4 is 41.5 Å². The van der Waals surface area contributed by atoms with Crippen LogP contribution in [0.3, 0.4) is 0 Å². The Bertz CT molecular complexity index is 782. The molecule has 0 bridgehead atoms. The van der Waals surface area contributed by atoms with Crippen LogP contribution in [0.25, 0.3) is 0 Å². The summed E-state index contributed by atoms with van der Waals surface area (Å²) >= 11 is 0. The van der Waals surface area contributed by atoms with Crippen LogP contribution < -0.4 is 16.0 Å². The zero-order valence-corrected chi connectivity index (χ0v) is 19.5. The Hall–Kier alpha value is -2.03. The van der Waals surface area contributed by atoms with Crippen molar-refractivity contribution < 1.29 is 9.21 Å². The predicted molar refractivity (Wildman–Crippen MR) is 128 cm³/mol. The molecule has 0 spiro atoms. The molecule has 1 aromatic heterocycles. The topological polar surface area (TPSA) is 78.7 Å². The summed E-state index contributed by atoms with van der Waals surface area (Å²) in [5, 5.41) is 9.69. The van der Waals surface area contributed by atoms with Crippen LogP contribution in [0, 0.1) is 5.41 Å². The molecule has 1 amide bonds. The molecule has 1 aromatic carbocycles. The molecule has 1 saturated carbocycles. The number of anilines is 1. The molecule has 2 aromatic rings. The highest BCUT2D eigenvalue weighted by atomic mass is 127. The summed E-state index contributed by atoms with van der Waals surface area (Å²) < 4.78 is 5.10.